The zero-order chi connectivity index (χ0) is 22.2. The van der Waals surface area contributed by atoms with Crippen molar-refractivity contribution in [2.45, 2.75) is 33.2 Å². The number of thiophene rings is 1. The summed E-state index contributed by atoms with van der Waals surface area (Å²) in [5, 5.41) is 11.0. The average molecular weight is 459 g/mol. The van der Waals surface area contributed by atoms with E-state index in [1.807, 2.05) is 62.4 Å². The lowest BCUT2D eigenvalue weighted by Crippen LogP contribution is -2.47. The monoisotopic (exact) mass is 458 g/mol. The van der Waals surface area contributed by atoms with Crippen molar-refractivity contribution in [3.8, 4) is 0 Å². The molecule has 4 rings (SSSR count). The fourth-order valence-corrected chi connectivity index (χ4v) is 7.11. The van der Waals surface area contributed by atoms with E-state index in [0.717, 1.165) is 26.8 Å². The molecule has 2 heterocycles. The summed E-state index contributed by atoms with van der Waals surface area (Å²) in [4.78, 5) is 11.3. The number of hydrogen-bond acceptors (Lipinski definition) is 4. The fraction of sp³-hybridized carbons (Fsp3) is 0.348. The van der Waals surface area contributed by atoms with Crippen LogP contribution in [0.25, 0.3) is 10.1 Å². The molecule has 1 N–H and O–H groups in total. The standard InChI is InChI=1S/C23H26N2O4S2/c1-16-7-9-18(10-8-16)15-25(22-17(2)20-5-3-4-6-21(20)30-22)31(28,29)24-13-11-19(12-14-24)23(26)27/h3-10,19H,11-15H2,1-2H3,(H,26,27). The lowest BCUT2D eigenvalue weighted by atomic mass is 9.99. The van der Waals surface area contributed by atoms with Gasteiger partial charge in [0.1, 0.15) is 5.00 Å². The van der Waals surface area contributed by atoms with Gasteiger partial charge in [0.25, 0.3) is 0 Å². The maximum absolute atomic E-state index is 13.8. The Bertz CT molecular complexity index is 1190. The van der Waals surface area contributed by atoms with Crippen LogP contribution in [-0.4, -0.2) is 36.9 Å². The first-order valence-corrected chi connectivity index (χ1v) is 12.5. The number of aryl methyl sites for hydroxylation is 2. The van der Waals surface area contributed by atoms with Crippen LogP contribution < -0.4 is 4.31 Å². The van der Waals surface area contributed by atoms with Crippen LogP contribution in [0.4, 0.5) is 5.00 Å². The second-order valence-corrected chi connectivity index (χ2v) is 10.9. The second-order valence-electron chi connectivity index (χ2n) is 8.04. The molecule has 0 bridgehead atoms. The number of carbonyl (C=O) groups is 1. The highest BCUT2D eigenvalue weighted by molar-refractivity contribution is 7.90. The van der Waals surface area contributed by atoms with Gasteiger partial charge >= 0.3 is 16.2 Å². The van der Waals surface area contributed by atoms with Crippen molar-refractivity contribution in [2.24, 2.45) is 5.92 Å². The highest BCUT2D eigenvalue weighted by atomic mass is 32.2. The number of benzene rings is 2. The molecule has 0 spiro atoms. The molecular formula is C23H26N2O4S2. The lowest BCUT2D eigenvalue weighted by Gasteiger charge is -2.34. The first-order chi connectivity index (χ1) is 14.8. The summed E-state index contributed by atoms with van der Waals surface area (Å²) < 4.78 is 31.5. The van der Waals surface area contributed by atoms with Gasteiger partial charge in [0, 0.05) is 17.8 Å². The van der Waals surface area contributed by atoms with Crippen LogP contribution >= 0.6 is 11.3 Å². The van der Waals surface area contributed by atoms with Crippen LogP contribution in [0.15, 0.2) is 48.5 Å². The third-order valence-electron chi connectivity index (χ3n) is 5.90. The minimum atomic E-state index is -3.82. The molecule has 1 aliphatic rings. The first-order valence-electron chi connectivity index (χ1n) is 10.3. The van der Waals surface area contributed by atoms with Crippen LogP contribution in [0.1, 0.15) is 29.5 Å². The van der Waals surface area contributed by atoms with E-state index < -0.39 is 22.1 Å². The van der Waals surface area contributed by atoms with Gasteiger partial charge in [-0.05, 0) is 49.3 Å². The molecule has 31 heavy (non-hydrogen) atoms. The summed E-state index contributed by atoms with van der Waals surface area (Å²) in [6.45, 7) is 4.62. The molecule has 1 aromatic heterocycles. The summed E-state index contributed by atoms with van der Waals surface area (Å²) in [6, 6.07) is 15.8. The molecule has 1 fully saturated rings. The van der Waals surface area contributed by atoms with E-state index in [1.165, 1.54) is 19.9 Å². The number of hydrogen-bond donors (Lipinski definition) is 1. The van der Waals surface area contributed by atoms with Gasteiger partial charge < -0.3 is 5.11 Å². The SMILES string of the molecule is Cc1ccc(CN(c2sc3ccccc3c2C)S(=O)(=O)N2CCC(C(=O)O)CC2)cc1. The molecule has 3 aromatic rings. The van der Waals surface area contributed by atoms with Gasteiger partial charge in [-0.3, -0.25) is 4.79 Å². The molecule has 1 saturated heterocycles. The normalized spacial score (nSPS) is 15.9. The molecule has 0 unspecified atom stereocenters. The van der Waals surface area contributed by atoms with Crippen LogP contribution in [-0.2, 0) is 21.5 Å². The molecule has 2 aromatic carbocycles. The quantitative estimate of drug-likeness (QED) is 0.587. The Morgan fingerprint density at radius 2 is 1.74 bits per heavy atom. The Morgan fingerprint density at radius 1 is 1.10 bits per heavy atom. The predicted molar refractivity (Wildman–Crippen MR) is 125 cm³/mol. The summed E-state index contributed by atoms with van der Waals surface area (Å²) in [7, 11) is -3.82. The molecule has 8 heteroatoms. The maximum atomic E-state index is 13.8. The van der Waals surface area contributed by atoms with Gasteiger partial charge in [-0.15, -0.1) is 11.3 Å². The number of piperidine rings is 1. The van der Waals surface area contributed by atoms with Gasteiger partial charge in [-0.2, -0.15) is 12.7 Å². The third-order valence-corrected chi connectivity index (χ3v) is 9.20. The van der Waals surface area contributed by atoms with Crippen LogP contribution in [0.5, 0.6) is 0 Å². The van der Waals surface area contributed by atoms with Crippen LogP contribution in [0, 0.1) is 19.8 Å². The van der Waals surface area contributed by atoms with Gasteiger partial charge in [0.2, 0.25) is 0 Å². The van der Waals surface area contributed by atoms with Gasteiger partial charge in [-0.1, -0.05) is 48.0 Å². The summed E-state index contributed by atoms with van der Waals surface area (Å²) >= 11 is 1.48. The minimum Gasteiger partial charge on any atom is -0.481 e. The number of aliphatic carboxylic acids is 1. The molecule has 0 radical (unpaired) electrons. The van der Waals surface area contributed by atoms with E-state index in [1.54, 1.807) is 0 Å². The topological polar surface area (TPSA) is 77.9 Å². The van der Waals surface area contributed by atoms with E-state index >= 15 is 0 Å². The number of anilines is 1. The number of fused-ring (bicyclic) bond motifs is 1. The number of carboxylic acids is 1. The van der Waals surface area contributed by atoms with Gasteiger partial charge in [-0.25, -0.2) is 4.31 Å². The van der Waals surface area contributed by atoms with E-state index in [4.69, 9.17) is 0 Å². The van der Waals surface area contributed by atoms with Gasteiger partial charge in [0.15, 0.2) is 0 Å². The summed E-state index contributed by atoms with van der Waals surface area (Å²) in [5.41, 5.74) is 2.97. The van der Waals surface area contributed by atoms with E-state index in [2.05, 4.69) is 0 Å². The zero-order valence-corrected chi connectivity index (χ0v) is 19.2. The maximum Gasteiger partial charge on any atom is 0.306 e. The van der Waals surface area contributed by atoms with Crippen molar-refractivity contribution in [3.63, 3.8) is 0 Å². The van der Waals surface area contributed by atoms with Crippen LogP contribution in [0.3, 0.4) is 0 Å². The van der Waals surface area contributed by atoms with E-state index in [0.29, 0.717) is 17.8 Å². The number of nitrogens with zero attached hydrogens (tertiary/aromatic N) is 2. The molecule has 0 amide bonds. The Balaban J connectivity index is 1.73. The van der Waals surface area contributed by atoms with Crippen molar-refractivity contribution in [1.82, 2.24) is 4.31 Å². The van der Waals surface area contributed by atoms with E-state index in [9.17, 15) is 18.3 Å². The van der Waals surface area contributed by atoms with Gasteiger partial charge in [0.05, 0.1) is 12.5 Å². The summed E-state index contributed by atoms with van der Waals surface area (Å²) in [6.07, 6.45) is 0.663. The Hall–Kier alpha value is -2.42. The van der Waals surface area contributed by atoms with Crippen molar-refractivity contribution in [1.29, 1.82) is 0 Å². The van der Waals surface area contributed by atoms with Crippen LogP contribution in [0.2, 0.25) is 0 Å². The molecule has 6 nitrogen and oxygen atoms in total. The third kappa shape index (κ3) is 4.33. The molecule has 1 aliphatic heterocycles. The first kappa shape index (κ1) is 21.8. The molecule has 0 atom stereocenters. The second kappa shape index (κ2) is 8.61. The van der Waals surface area contributed by atoms with Crippen molar-refractivity contribution >= 4 is 42.6 Å². The molecule has 0 saturated carbocycles. The molecule has 164 valence electrons. The van der Waals surface area contributed by atoms with Crippen molar-refractivity contribution < 1.29 is 18.3 Å². The predicted octanol–water partition coefficient (Wildman–Crippen LogP) is 4.57. The Labute approximate surface area is 186 Å². The number of rotatable bonds is 6. The highest BCUT2D eigenvalue weighted by Crippen LogP contribution is 2.40. The fourth-order valence-electron chi connectivity index (χ4n) is 3.99. The average Bonchev–Trinajstić information content (AvgIpc) is 3.09. The molecular weight excluding hydrogens is 432 g/mol. The minimum absolute atomic E-state index is 0.216. The number of carboxylic acid groups (broad SMARTS) is 1. The Kier molecular flexibility index (Phi) is 6.05. The lowest BCUT2D eigenvalue weighted by molar-refractivity contribution is -0.142. The Morgan fingerprint density at radius 3 is 2.35 bits per heavy atom. The zero-order valence-electron chi connectivity index (χ0n) is 17.6. The summed E-state index contributed by atoms with van der Waals surface area (Å²) in [5.74, 6) is -1.34. The van der Waals surface area contributed by atoms with Crippen molar-refractivity contribution in [3.05, 3.63) is 65.2 Å². The van der Waals surface area contributed by atoms with E-state index in [-0.39, 0.29) is 19.6 Å². The largest absolute Gasteiger partial charge is 0.481 e. The molecule has 0 aliphatic carbocycles. The van der Waals surface area contributed by atoms with Crippen molar-refractivity contribution in [2.75, 3.05) is 17.4 Å². The smallest absolute Gasteiger partial charge is 0.306 e. The highest BCUT2D eigenvalue weighted by Gasteiger charge is 2.36.